The van der Waals surface area contributed by atoms with E-state index in [2.05, 4.69) is 4.74 Å². The maximum atomic E-state index is 12.4. The predicted molar refractivity (Wildman–Crippen MR) is 89.4 cm³/mol. The lowest BCUT2D eigenvalue weighted by Crippen LogP contribution is -2.51. The van der Waals surface area contributed by atoms with E-state index in [1.54, 1.807) is 19.1 Å². The lowest BCUT2D eigenvalue weighted by Gasteiger charge is -2.43. The van der Waals surface area contributed by atoms with E-state index in [-0.39, 0.29) is 17.6 Å². The number of benzene rings is 1. The number of carbonyl (C=O) groups is 1. The minimum absolute atomic E-state index is 0.0195. The number of hydrogen-bond acceptors (Lipinski definition) is 3. The van der Waals surface area contributed by atoms with Crippen molar-refractivity contribution in [2.45, 2.75) is 51.2 Å². The van der Waals surface area contributed by atoms with Crippen LogP contribution in [-0.2, 0) is 11.2 Å². The van der Waals surface area contributed by atoms with E-state index in [0.29, 0.717) is 18.8 Å². The van der Waals surface area contributed by atoms with Crippen molar-refractivity contribution in [1.82, 2.24) is 4.90 Å². The van der Waals surface area contributed by atoms with Gasteiger partial charge in [0.1, 0.15) is 5.75 Å². The molecule has 0 aromatic heterocycles. The second-order valence-corrected chi connectivity index (χ2v) is 7.60. The minimum Gasteiger partial charge on any atom is -0.435 e. The van der Waals surface area contributed by atoms with Gasteiger partial charge in [0.2, 0.25) is 5.91 Å². The maximum Gasteiger partial charge on any atom is 0.387 e. The first-order valence-electron chi connectivity index (χ1n) is 8.87. The molecule has 1 N–H and O–H groups in total. The molecule has 4 nitrogen and oxygen atoms in total. The van der Waals surface area contributed by atoms with Gasteiger partial charge in [-0.1, -0.05) is 12.1 Å². The number of rotatable bonds is 5. The summed E-state index contributed by atoms with van der Waals surface area (Å²) in [6, 6.07) is 6.79. The molecule has 0 bridgehead atoms. The fourth-order valence-electron chi connectivity index (χ4n) is 3.93. The largest absolute Gasteiger partial charge is 0.435 e. The van der Waals surface area contributed by atoms with Crippen molar-refractivity contribution in [3.63, 3.8) is 0 Å². The second-order valence-electron chi connectivity index (χ2n) is 7.60. The normalized spacial score (nSPS) is 27.2. The van der Waals surface area contributed by atoms with Crippen LogP contribution in [0.3, 0.4) is 0 Å². The third kappa shape index (κ3) is 4.69. The Hall–Kier alpha value is -1.69. The standard InChI is InChI=1S/C19H25F2NO3/c1-19(24)11-15(12-19)17(23)22-8-6-14(7-9-22)10-13-2-4-16(5-3-13)25-18(20)21/h2-5,14-15,18,24H,6-12H2,1H3/t15-,19+. The summed E-state index contributed by atoms with van der Waals surface area (Å²) in [5.41, 5.74) is 0.431. The van der Waals surface area contributed by atoms with E-state index < -0.39 is 12.2 Å². The number of nitrogens with zero attached hydrogens (tertiary/aromatic N) is 1. The van der Waals surface area contributed by atoms with Gasteiger partial charge in [0, 0.05) is 19.0 Å². The highest BCUT2D eigenvalue weighted by Crippen LogP contribution is 2.39. The number of amides is 1. The van der Waals surface area contributed by atoms with Crippen molar-refractivity contribution in [3.8, 4) is 5.75 Å². The molecule has 6 heteroatoms. The Bertz CT molecular complexity index is 587. The number of hydrogen-bond donors (Lipinski definition) is 1. The van der Waals surface area contributed by atoms with Crippen LogP contribution in [0, 0.1) is 11.8 Å². The molecule has 0 radical (unpaired) electrons. The summed E-state index contributed by atoms with van der Waals surface area (Å²) in [6.07, 6.45) is 3.92. The first kappa shape index (κ1) is 18.1. The maximum absolute atomic E-state index is 12.4. The summed E-state index contributed by atoms with van der Waals surface area (Å²) >= 11 is 0. The number of alkyl halides is 2. The molecule has 1 amide bonds. The van der Waals surface area contributed by atoms with E-state index in [0.717, 1.165) is 37.9 Å². The molecule has 1 saturated heterocycles. The zero-order valence-corrected chi connectivity index (χ0v) is 14.5. The van der Waals surface area contributed by atoms with Crippen LogP contribution >= 0.6 is 0 Å². The molecule has 1 heterocycles. The molecule has 0 unspecified atom stereocenters. The monoisotopic (exact) mass is 353 g/mol. The van der Waals surface area contributed by atoms with Crippen LogP contribution in [0.15, 0.2) is 24.3 Å². The Kier molecular flexibility index (Phi) is 5.27. The Morgan fingerprint density at radius 2 is 1.88 bits per heavy atom. The molecule has 0 atom stereocenters. The van der Waals surface area contributed by atoms with Gasteiger partial charge in [0.05, 0.1) is 5.60 Å². The van der Waals surface area contributed by atoms with Crippen molar-refractivity contribution in [2.75, 3.05) is 13.1 Å². The van der Waals surface area contributed by atoms with E-state index in [1.807, 2.05) is 17.0 Å². The molecule has 2 aliphatic rings. The molecule has 2 fully saturated rings. The predicted octanol–water partition coefficient (Wildman–Crippen LogP) is 3.23. The van der Waals surface area contributed by atoms with E-state index in [9.17, 15) is 18.7 Å². The van der Waals surface area contributed by atoms with E-state index in [4.69, 9.17) is 0 Å². The summed E-state index contributed by atoms with van der Waals surface area (Å²) in [5.74, 6) is 0.832. The number of piperidine rings is 1. The van der Waals surface area contributed by atoms with Gasteiger partial charge in [-0.05, 0) is 62.6 Å². The Morgan fingerprint density at radius 3 is 2.40 bits per heavy atom. The second kappa shape index (κ2) is 7.28. The molecule has 1 aromatic carbocycles. The Morgan fingerprint density at radius 1 is 1.28 bits per heavy atom. The third-order valence-corrected chi connectivity index (χ3v) is 5.32. The molecule has 1 aromatic rings. The quantitative estimate of drug-likeness (QED) is 0.884. The van der Waals surface area contributed by atoms with Crippen LogP contribution in [0.1, 0.15) is 38.2 Å². The fourth-order valence-corrected chi connectivity index (χ4v) is 3.93. The Labute approximate surface area is 146 Å². The first-order valence-corrected chi connectivity index (χ1v) is 8.87. The highest BCUT2D eigenvalue weighted by molar-refractivity contribution is 5.80. The highest BCUT2D eigenvalue weighted by Gasteiger charge is 2.44. The van der Waals surface area contributed by atoms with Crippen LogP contribution < -0.4 is 4.74 Å². The van der Waals surface area contributed by atoms with Crippen molar-refractivity contribution in [1.29, 1.82) is 0 Å². The smallest absolute Gasteiger partial charge is 0.387 e. The molecule has 25 heavy (non-hydrogen) atoms. The van der Waals surface area contributed by atoms with Gasteiger partial charge in [-0.25, -0.2) is 0 Å². The van der Waals surface area contributed by atoms with Crippen LogP contribution in [0.5, 0.6) is 5.75 Å². The number of likely N-dealkylation sites (tertiary alicyclic amines) is 1. The molecular weight excluding hydrogens is 328 g/mol. The lowest BCUT2D eigenvalue weighted by molar-refractivity contribution is -0.151. The van der Waals surface area contributed by atoms with Gasteiger partial charge in [0.15, 0.2) is 0 Å². The molecule has 138 valence electrons. The molecule has 1 aliphatic heterocycles. The summed E-state index contributed by atoms with van der Waals surface area (Å²) < 4.78 is 28.7. The van der Waals surface area contributed by atoms with Crippen molar-refractivity contribution in [3.05, 3.63) is 29.8 Å². The fraction of sp³-hybridized carbons (Fsp3) is 0.632. The number of carbonyl (C=O) groups excluding carboxylic acids is 1. The molecular formula is C19H25F2NO3. The summed E-state index contributed by atoms with van der Waals surface area (Å²) in [4.78, 5) is 14.3. The van der Waals surface area contributed by atoms with Gasteiger partial charge in [-0.3, -0.25) is 4.79 Å². The van der Waals surface area contributed by atoms with Crippen LogP contribution in [0.25, 0.3) is 0 Å². The topological polar surface area (TPSA) is 49.8 Å². The summed E-state index contributed by atoms with van der Waals surface area (Å²) in [5, 5.41) is 9.78. The van der Waals surface area contributed by atoms with Crippen molar-refractivity contribution in [2.24, 2.45) is 11.8 Å². The highest BCUT2D eigenvalue weighted by atomic mass is 19.3. The summed E-state index contributed by atoms with van der Waals surface area (Å²) in [6.45, 7) is 0.497. The molecule has 1 saturated carbocycles. The number of ether oxygens (including phenoxy) is 1. The zero-order chi connectivity index (χ0) is 18.0. The molecule has 3 rings (SSSR count). The van der Waals surface area contributed by atoms with Gasteiger partial charge in [0.25, 0.3) is 0 Å². The van der Waals surface area contributed by atoms with E-state index in [1.165, 1.54) is 0 Å². The summed E-state index contributed by atoms with van der Waals surface area (Å²) in [7, 11) is 0. The Balaban J connectivity index is 1.44. The van der Waals surface area contributed by atoms with Crippen LogP contribution in [-0.4, -0.2) is 41.2 Å². The lowest BCUT2D eigenvalue weighted by atomic mass is 9.71. The number of halogens is 2. The van der Waals surface area contributed by atoms with Gasteiger partial charge >= 0.3 is 6.61 Å². The minimum atomic E-state index is -2.80. The van der Waals surface area contributed by atoms with Gasteiger partial charge < -0.3 is 14.7 Å². The zero-order valence-electron chi connectivity index (χ0n) is 14.5. The third-order valence-electron chi connectivity index (χ3n) is 5.32. The van der Waals surface area contributed by atoms with Gasteiger partial charge in [-0.15, -0.1) is 0 Å². The van der Waals surface area contributed by atoms with Gasteiger partial charge in [-0.2, -0.15) is 8.78 Å². The average Bonchev–Trinajstić information content (AvgIpc) is 2.54. The average molecular weight is 353 g/mol. The molecule has 1 aliphatic carbocycles. The SMILES string of the molecule is C[C@]1(O)C[C@@H](C(=O)N2CCC(Cc3ccc(OC(F)F)cc3)CC2)C1. The first-order chi connectivity index (χ1) is 11.8. The van der Waals surface area contributed by atoms with Crippen molar-refractivity contribution >= 4 is 5.91 Å². The van der Waals surface area contributed by atoms with E-state index >= 15 is 0 Å². The van der Waals surface area contributed by atoms with Crippen LogP contribution in [0.4, 0.5) is 8.78 Å². The van der Waals surface area contributed by atoms with Crippen LogP contribution in [0.2, 0.25) is 0 Å². The number of aliphatic hydroxyl groups is 1. The van der Waals surface area contributed by atoms with Crippen molar-refractivity contribution < 1.29 is 23.4 Å². The molecule has 0 spiro atoms.